The summed E-state index contributed by atoms with van der Waals surface area (Å²) in [4.78, 5) is 10.6. The van der Waals surface area contributed by atoms with Gasteiger partial charge in [0.1, 0.15) is 5.82 Å². The zero-order valence-electron chi connectivity index (χ0n) is 5.57. The van der Waals surface area contributed by atoms with Gasteiger partial charge >= 0.3 is 0 Å². The largest absolute Gasteiger partial charge is 0.276 e. The lowest BCUT2D eigenvalue weighted by atomic mass is 10.2. The summed E-state index contributed by atoms with van der Waals surface area (Å²) in [5.74, 6) is -0.677. The maximum Gasteiger partial charge on any atom is 0.253 e. The third-order valence-electron chi connectivity index (χ3n) is 1.25. The fourth-order valence-electron chi connectivity index (χ4n) is 0.678. The molecular formula is C7H2Cl3FO. The van der Waals surface area contributed by atoms with E-state index >= 15 is 0 Å². The number of carbonyl (C=O) groups excluding carboxylic acids is 1. The van der Waals surface area contributed by atoms with Gasteiger partial charge in [0.2, 0.25) is 0 Å². The van der Waals surface area contributed by atoms with Crippen molar-refractivity contribution in [1.29, 1.82) is 0 Å². The Morgan fingerprint density at radius 2 is 1.83 bits per heavy atom. The summed E-state index contributed by atoms with van der Waals surface area (Å²) in [7, 11) is 0. The van der Waals surface area contributed by atoms with E-state index in [1.807, 2.05) is 0 Å². The van der Waals surface area contributed by atoms with Crippen LogP contribution in [-0.4, -0.2) is 5.24 Å². The summed E-state index contributed by atoms with van der Waals surface area (Å²) >= 11 is 16.1. The minimum absolute atomic E-state index is 0.00438. The SMILES string of the molecule is O=C(Cl)c1ccc(F)c(Cl)c1Cl. The zero-order chi connectivity index (χ0) is 9.30. The minimum atomic E-state index is -0.762. The number of halogens is 4. The maximum atomic E-state index is 12.7. The van der Waals surface area contributed by atoms with Gasteiger partial charge in [-0.3, -0.25) is 4.79 Å². The third kappa shape index (κ3) is 1.71. The fourth-order valence-corrected chi connectivity index (χ4v) is 1.29. The second-order valence-corrected chi connectivity index (χ2v) is 3.10. The van der Waals surface area contributed by atoms with Crippen molar-refractivity contribution in [3.05, 3.63) is 33.6 Å². The predicted molar refractivity (Wildman–Crippen MR) is 46.6 cm³/mol. The molecule has 12 heavy (non-hydrogen) atoms. The van der Waals surface area contributed by atoms with Crippen molar-refractivity contribution in [1.82, 2.24) is 0 Å². The summed E-state index contributed by atoms with van der Waals surface area (Å²) in [5, 5.41) is -1.21. The van der Waals surface area contributed by atoms with Gasteiger partial charge in [-0.25, -0.2) is 4.39 Å². The van der Waals surface area contributed by atoms with Crippen LogP contribution in [0, 0.1) is 5.82 Å². The van der Waals surface area contributed by atoms with E-state index in [4.69, 9.17) is 34.8 Å². The first-order valence-corrected chi connectivity index (χ1v) is 4.00. The molecule has 0 aromatic heterocycles. The van der Waals surface area contributed by atoms with Crippen LogP contribution in [0.1, 0.15) is 10.4 Å². The molecule has 0 N–H and O–H groups in total. The smallest absolute Gasteiger partial charge is 0.253 e. The van der Waals surface area contributed by atoms with Crippen molar-refractivity contribution >= 4 is 40.0 Å². The molecular weight excluding hydrogens is 225 g/mol. The first-order chi connectivity index (χ1) is 5.54. The van der Waals surface area contributed by atoms with Crippen molar-refractivity contribution in [2.45, 2.75) is 0 Å². The van der Waals surface area contributed by atoms with E-state index in [0.29, 0.717) is 0 Å². The lowest BCUT2D eigenvalue weighted by molar-refractivity contribution is 0.108. The summed E-state index contributed by atoms with van der Waals surface area (Å²) < 4.78 is 12.7. The first-order valence-electron chi connectivity index (χ1n) is 2.87. The molecule has 0 unspecified atom stereocenters. The molecule has 0 aliphatic rings. The number of rotatable bonds is 1. The van der Waals surface area contributed by atoms with Crippen LogP contribution in [0.2, 0.25) is 10.0 Å². The number of hydrogen-bond donors (Lipinski definition) is 0. The van der Waals surface area contributed by atoms with E-state index in [0.717, 1.165) is 6.07 Å². The van der Waals surface area contributed by atoms with Crippen molar-refractivity contribution in [2.24, 2.45) is 0 Å². The van der Waals surface area contributed by atoms with Gasteiger partial charge in [0.15, 0.2) is 0 Å². The molecule has 0 aliphatic carbocycles. The van der Waals surface area contributed by atoms with E-state index < -0.39 is 11.1 Å². The van der Waals surface area contributed by atoms with Gasteiger partial charge in [0.25, 0.3) is 5.24 Å². The molecule has 0 atom stereocenters. The average molecular weight is 227 g/mol. The van der Waals surface area contributed by atoms with E-state index in [9.17, 15) is 9.18 Å². The highest BCUT2D eigenvalue weighted by Crippen LogP contribution is 2.29. The van der Waals surface area contributed by atoms with Crippen molar-refractivity contribution < 1.29 is 9.18 Å². The highest BCUT2D eigenvalue weighted by molar-refractivity contribution is 6.69. The molecule has 0 aliphatic heterocycles. The lowest BCUT2D eigenvalue weighted by Crippen LogP contribution is -1.92. The Morgan fingerprint density at radius 3 is 2.33 bits per heavy atom. The molecule has 0 spiro atoms. The Kier molecular flexibility index (Phi) is 2.94. The fraction of sp³-hybridized carbons (Fsp3) is 0. The zero-order valence-corrected chi connectivity index (χ0v) is 7.84. The summed E-state index contributed by atoms with van der Waals surface area (Å²) in [5.41, 5.74) is 0.00438. The molecule has 1 aromatic rings. The van der Waals surface area contributed by atoms with Crippen LogP contribution in [0.3, 0.4) is 0 Å². The molecule has 5 heteroatoms. The molecule has 1 aromatic carbocycles. The number of benzene rings is 1. The quantitative estimate of drug-likeness (QED) is 0.530. The van der Waals surface area contributed by atoms with Crippen molar-refractivity contribution in [2.75, 3.05) is 0 Å². The van der Waals surface area contributed by atoms with Crippen LogP contribution in [-0.2, 0) is 0 Å². The summed E-state index contributed by atoms with van der Waals surface area (Å²) in [6.07, 6.45) is 0. The van der Waals surface area contributed by atoms with Gasteiger partial charge in [-0.1, -0.05) is 23.2 Å². The number of hydrogen-bond acceptors (Lipinski definition) is 1. The minimum Gasteiger partial charge on any atom is -0.276 e. The monoisotopic (exact) mass is 226 g/mol. The van der Waals surface area contributed by atoms with Crippen LogP contribution < -0.4 is 0 Å². The molecule has 1 rings (SSSR count). The Morgan fingerprint density at radius 1 is 1.25 bits per heavy atom. The van der Waals surface area contributed by atoms with Gasteiger partial charge in [0.05, 0.1) is 15.6 Å². The molecule has 0 radical (unpaired) electrons. The second kappa shape index (κ2) is 3.60. The molecule has 1 nitrogen and oxygen atoms in total. The molecule has 64 valence electrons. The normalized spacial score (nSPS) is 10.0. The van der Waals surface area contributed by atoms with Gasteiger partial charge in [0, 0.05) is 0 Å². The van der Waals surface area contributed by atoms with Crippen LogP contribution in [0.15, 0.2) is 12.1 Å². The predicted octanol–water partition coefficient (Wildman–Crippen LogP) is 3.51. The van der Waals surface area contributed by atoms with Gasteiger partial charge in [-0.15, -0.1) is 0 Å². The van der Waals surface area contributed by atoms with Crippen LogP contribution in [0.5, 0.6) is 0 Å². The van der Waals surface area contributed by atoms with Gasteiger partial charge in [-0.05, 0) is 23.7 Å². The highest BCUT2D eigenvalue weighted by Gasteiger charge is 2.13. The number of carbonyl (C=O) groups is 1. The molecule has 0 saturated carbocycles. The van der Waals surface area contributed by atoms with Crippen LogP contribution >= 0.6 is 34.8 Å². The first kappa shape index (κ1) is 9.78. The lowest BCUT2D eigenvalue weighted by Gasteiger charge is -2.00. The molecule has 0 amide bonds. The molecule has 0 bridgehead atoms. The standard InChI is InChI=1S/C7H2Cl3FO/c8-5-3(7(10)12)1-2-4(11)6(5)9/h1-2H. The highest BCUT2D eigenvalue weighted by atomic mass is 35.5. The topological polar surface area (TPSA) is 17.1 Å². The molecule has 0 fully saturated rings. The van der Waals surface area contributed by atoms with E-state index in [1.165, 1.54) is 6.07 Å². The maximum absolute atomic E-state index is 12.7. The Bertz CT molecular complexity index is 338. The molecule has 0 heterocycles. The van der Waals surface area contributed by atoms with Gasteiger partial charge in [-0.2, -0.15) is 0 Å². The summed E-state index contributed by atoms with van der Waals surface area (Å²) in [6.45, 7) is 0. The Hall–Kier alpha value is -0.310. The van der Waals surface area contributed by atoms with Gasteiger partial charge < -0.3 is 0 Å². The average Bonchev–Trinajstić information content (AvgIpc) is 2.00. The van der Waals surface area contributed by atoms with Crippen molar-refractivity contribution in [3.63, 3.8) is 0 Å². The van der Waals surface area contributed by atoms with E-state index in [2.05, 4.69) is 0 Å². The van der Waals surface area contributed by atoms with Crippen LogP contribution in [0.25, 0.3) is 0 Å². The van der Waals surface area contributed by atoms with E-state index in [1.54, 1.807) is 0 Å². The third-order valence-corrected chi connectivity index (χ3v) is 2.31. The Labute approximate surface area is 83.0 Å². The van der Waals surface area contributed by atoms with Crippen molar-refractivity contribution in [3.8, 4) is 0 Å². The second-order valence-electron chi connectivity index (χ2n) is 2.00. The van der Waals surface area contributed by atoms with Crippen LogP contribution in [0.4, 0.5) is 4.39 Å². The molecule has 0 saturated heterocycles. The Balaban J connectivity index is 3.36. The van der Waals surface area contributed by atoms with E-state index in [-0.39, 0.29) is 15.6 Å². The summed E-state index contributed by atoms with van der Waals surface area (Å²) in [6, 6.07) is 2.21.